The lowest BCUT2D eigenvalue weighted by molar-refractivity contribution is 0.560. The number of nitrogens with one attached hydrogen (secondary N) is 1. The van der Waals surface area contributed by atoms with E-state index in [4.69, 9.17) is 0 Å². The number of rotatable bonds is 6. The summed E-state index contributed by atoms with van der Waals surface area (Å²) < 4.78 is 0. The normalized spacial score (nSPS) is 12.6. The molecule has 0 spiro atoms. The molecule has 0 fully saturated rings. The molecule has 1 N–H and O–H groups in total. The first-order valence-electron chi connectivity index (χ1n) is 7.01. The van der Waals surface area contributed by atoms with Crippen molar-refractivity contribution in [3.63, 3.8) is 0 Å². The van der Waals surface area contributed by atoms with Gasteiger partial charge in [0.2, 0.25) is 0 Å². The third-order valence-corrected chi connectivity index (χ3v) is 4.78. The average Bonchev–Trinajstić information content (AvgIpc) is 2.88. The van der Waals surface area contributed by atoms with Crippen LogP contribution in [0.3, 0.4) is 0 Å². The minimum Gasteiger partial charge on any atom is -0.316 e. The summed E-state index contributed by atoms with van der Waals surface area (Å²) in [5.41, 5.74) is 2.74. The van der Waals surface area contributed by atoms with Crippen LogP contribution < -0.4 is 5.32 Å². The fourth-order valence-corrected chi connectivity index (χ4v) is 3.29. The van der Waals surface area contributed by atoms with E-state index in [-0.39, 0.29) is 0 Å². The molecule has 0 amide bonds. The molecule has 1 unspecified atom stereocenters. The molecule has 1 aromatic heterocycles. The fraction of sp³-hybridized carbons (Fsp3) is 0.412. The average molecular weight is 273 g/mol. The van der Waals surface area contributed by atoms with Crippen molar-refractivity contribution in [1.82, 2.24) is 5.32 Å². The second-order valence-corrected chi connectivity index (χ2v) is 6.35. The lowest BCUT2D eigenvalue weighted by Crippen LogP contribution is -2.29. The van der Waals surface area contributed by atoms with Crippen LogP contribution in [0.15, 0.2) is 36.4 Å². The van der Waals surface area contributed by atoms with Crippen LogP contribution in [0.4, 0.5) is 0 Å². The van der Waals surface area contributed by atoms with Crippen molar-refractivity contribution in [3.8, 4) is 0 Å². The molecule has 2 aromatic rings. The Labute approximate surface area is 120 Å². The number of aryl methyl sites for hydroxylation is 2. The molecule has 1 heterocycles. The van der Waals surface area contributed by atoms with Crippen molar-refractivity contribution >= 4 is 11.3 Å². The number of hydrogen-bond acceptors (Lipinski definition) is 2. The Bertz CT molecular complexity index is 498. The fourth-order valence-electron chi connectivity index (χ4n) is 2.25. The van der Waals surface area contributed by atoms with Gasteiger partial charge in [-0.1, -0.05) is 36.8 Å². The topological polar surface area (TPSA) is 12.0 Å². The molecular weight excluding hydrogens is 250 g/mol. The zero-order valence-electron chi connectivity index (χ0n) is 12.1. The van der Waals surface area contributed by atoms with Crippen LogP contribution in [-0.4, -0.2) is 13.1 Å². The largest absolute Gasteiger partial charge is 0.316 e. The predicted molar refractivity (Wildman–Crippen MR) is 85.1 cm³/mol. The maximum absolute atomic E-state index is 3.45. The molecule has 0 aliphatic heterocycles. The van der Waals surface area contributed by atoms with E-state index in [1.165, 1.54) is 20.9 Å². The number of benzene rings is 1. The molecule has 1 atom stereocenters. The standard InChI is InChI=1S/C17H23NS/c1-4-16-9-10-17(19-16)12-15(18-3)11-14-7-5-13(2)6-8-14/h5-10,15,18H,4,11-12H2,1-3H3. The summed E-state index contributed by atoms with van der Waals surface area (Å²) in [6, 6.07) is 13.9. The van der Waals surface area contributed by atoms with Crippen molar-refractivity contribution in [3.05, 3.63) is 57.3 Å². The van der Waals surface area contributed by atoms with Crippen molar-refractivity contribution in [1.29, 1.82) is 0 Å². The van der Waals surface area contributed by atoms with Gasteiger partial charge in [-0.05, 0) is 50.9 Å². The molecule has 0 radical (unpaired) electrons. The van der Waals surface area contributed by atoms with Crippen LogP contribution in [0.2, 0.25) is 0 Å². The lowest BCUT2D eigenvalue weighted by atomic mass is 10.0. The lowest BCUT2D eigenvalue weighted by Gasteiger charge is -2.15. The third-order valence-electron chi connectivity index (χ3n) is 3.52. The first-order valence-corrected chi connectivity index (χ1v) is 7.83. The van der Waals surface area contributed by atoms with Crippen molar-refractivity contribution in [2.45, 2.75) is 39.2 Å². The maximum atomic E-state index is 3.45. The molecule has 0 saturated carbocycles. The van der Waals surface area contributed by atoms with Crippen LogP contribution in [-0.2, 0) is 19.3 Å². The van der Waals surface area contributed by atoms with E-state index in [0.717, 1.165) is 19.3 Å². The van der Waals surface area contributed by atoms with Crippen LogP contribution in [0.5, 0.6) is 0 Å². The van der Waals surface area contributed by atoms with Gasteiger partial charge in [-0.15, -0.1) is 11.3 Å². The van der Waals surface area contributed by atoms with Crippen LogP contribution in [0, 0.1) is 6.92 Å². The van der Waals surface area contributed by atoms with Crippen LogP contribution in [0.25, 0.3) is 0 Å². The van der Waals surface area contributed by atoms with Crippen molar-refractivity contribution in [2.75, 3.05) is 7.05 Å². The molecule has 0 bridgehead atoms. The van der Waals surface area contributed by atoms with Gasteiger partial charge in [0.15, 0.2) is 0 Å². The van der Waals surface area contributed by atoms with Gasteiger partial charge >= 0.3 is 0 Å². The Balaban J connectivity index is 1.98. The summed E-state index contributed by atoms with van der Waals surface area (Å²) in [5, 5.41) is 3.45. The molecule has 2 rings (SSSR count). The Morgan fingerprint density at radius 3 is 2.26 bits per heavy atom. The summed E-state index contributed by atoms with van der Waals surface area (Å²) in [6.07, 6.45) is 3.36. The van der Waals surface area contributed by atoms with E-state index in [2.05, 4.69) is 62.6 Å². The zero-order chi connectivity index (χ0) is 13.7. The van der Waals surface area contributed by atoms with Crippen molar-refractivity contribution in [2.24, 2.45) is 0 Å². The van der Waals surface area contributed by atoms with Gasteiger partial charge in [-0.25, -0.2) is 0 Å². The highest BCUT2D eigenvalue weighted by molar-refractivity contribution is 7.11. The van der Waals surface area contributed by atoms with Gasteiger partial charge in [-0.3, -0.25) is 0 Å². The van der Waals surface area contributed by atoms with Crippen LogP contribution >= 0.6 is 11.3 Å². The summed E-state index contributed by atoms with van der Waals surface area (Å²) in [6.45, 7) is 4.36. The molecule has 0 aliphatic rings. The van der Waals surface area contributed by atoms with E-state index >= 15 is 0 Å². The van der Waals surface area contributed by atoms with E-state index < -0.39 is 0 Å². The monoisotopic (exact) mass is 273 g/mol. The molecule has 1 aromatic carbocycles. The third kappa shape index (κ3) is 4.19. The molecule has 1 nitrogen and oxygen atoms in total. The smallest absolute Gasteiger partial charge is 0.0153 e. The Morgan fingerprint density at radius 1 is 1.00 bits per heavy atom. The quantitative estimate of drug-likeness (QED) is 0.839. The van der Waals surface area contributed by atoms with Crippen LogP contribution in [0.1, 0.15) is 27.8 Å². The van der Waals surface area contributed by atoms with Gasteiger partial charge in [0.25, 0.3) is 0 Å². The molecule has 19 heavy (non-hydrogen) atoms. The second kappa shape index (κ2) is 6.88. The van der Waals surface area contributed by atoms with Gasteiger partial charge < -0.3 is 5.32 Å². The Hall–Kier alpha value is -1.12. The van der Waals surface area contributed by atoms with E-state index in [1.54, 1.807) is 0 Å². The molecule has 102 valence electrons. The van der Waals surface area contributed by atoms with Crippen molar-refractivity contribution < 1.29 is 0 Å². The first kappa shape index (κ1) is 14.3. The summed E-state index contributed by atoms with van der Waals surface area (Å²) >= 11 is 1.95. The highest BCUT2D eigenvalue weighted by Gasteiger charge is 2.10. The predicted octanol–water partition coefficient (Wildman–Crippen LogP) is 3.99. The number of likely N-dealkylation sites (N-methyl/N-ethyl adjacent to an activating group) is 1. The van der Waals surface area contributed by atoms with E-state index in [0.29, 0.717) is 6.04 Å². The number of thiophene rings is 1. The molecular formula is C17H23NS. The second-order valence-electron chi connectivity index (χ2n) is 5.10. The Kier molecular flexibility index (Phi) is 5.17. The summed E-state index contributed by atoms with van der Waals surface area (Å²) in [4.78, 5) is 2.98. The van der Waals surface area contributed by atoms with Gasteiger partial charge in [-0.2, -0.15) is 0 Å². The molecule has 0 saturated heterocycles. The maximum Gasteiger partial charge on any atom is 0.0153 e. The molecule has 0 aliphatic carbocycles. The van der Waals surface area contributed by atoms with E-state index in [9.17, 15) is 0 Å². The highest BCUT2D eigenvalue weighted by Crippen LogP contribution is 2.19. The minimum absolute atomic E-state index is 0.520. The van der Waals surface area contributed by atoms with Gasteiger partial charge in [0.05, 0.1) is 0 Å². The summed E-state index contributed by atoms with van der Waals surface area (Å²) in [5.74, 6) is 0. The summed E-state index contributed by atoms with van der Waals surface area (Å²) in [7, 11) is 2.06. The first-order chi connectivity index (χ1) is 9.21. The minimum atomic E-state index is 0.520. The van der Waals surface area contributed by atoms with Gasteiger partial charge in [0, 0.05) is 15.8 Å². The number of hydrogen-bond donors (Lipinski definition) is 1. The van der Waals surface area contributed by atoms with E-state index in [1.807, 2.05) is 11.3 Å². The van der Waals surface area contributed by atoms with Gasteiger partial charge in [0.1, 0.15) is 0 Å². The zero-order valence-corrected chi connectivity index (χ0v) is 12.9. The Morgan fingerprint density at radius 2 is 1.68 bits per heavy atom. The SMILES string of the molecule is CCc1ccc(CC(Cc2ccc(C)cc2)NC)s1. The highest BCUT2D eigenvalue weighted by atomic mass is 32.1. The molecule has 2 heteroatoms.